The van der Waals surface area contributed by atoms with Gasteiger partial charge < -0.3 is 5.11 Å². The van der Waals surface area contributed by atoms with Gasteiger partial charge in [0, 0.05) is 18.0 Å². The van der Waals surface area contributed by atoms with E-state index in [2.05, 4.69) is 23.7 Å². The Balaban J connectivity index is 1.93. The maximum absolute atomic E-state index is 10.6. The van der Waals surface area contributed by atoms with Crippen molar-refractivity contribution in [3.63, 3.8) is 0 Å². The van der Waals surface area contributed by atoms with Crippen LogP contribution in [0.25, 0.3) is 0 Å². The Morgan fingerprint density at radius 3 is 2.71 bits per heavy atom. The molecule has 1 fully saturated rings. The molecule has 0 bridgehead atoms. The summed E-state index contributed by atoms with van der Waals surface area (Å²) >= 11 is 1.73. The molecule has 0 saturated carbocycles. The number of nitrogens with zero attached hydrogens (tertiary/aromatic N) is 2. The van der Waals surface area contributed by atoms with Crippen LogP contribution in [0, 0.1) is 19.8 Å². The molecule has 1 N–H and O–H groups in total. The van der Waals surface area contributed by atoms with Crippen LogP contribution in [0.1, 0.15) is 35.0 Å². The van der Waals surface area contributed by atoms with Crippen molar-refractivity contribution in [2.45, 2.75) is 33.2 Å². The van der Waals surface area contributed by atoms with Crippen LogP contribution in [0.15, 0.2) is 0 Å². The Morgan fingerprint density at radius 1 is 1.59 bits per heavy atom. The number of rotatable bonds is 4. The molecule has 0 radical (unpaired) electrons. The number of aliphatic carboxylic acids is 1. The van der Waals surface area contributed by atoms with Crippen LogP contribution in [0.5, 0.6) is 0 Å². The molecule has 17 heavy (non-hydrogen) atoms. The van der Waals surface area contributed by atoms with Crippen molar-refractivity contribution in [2.75, 3.05) is 13.1 Å². The molecule has 2 heterocycles. The summed E-state index contributed by atoms with van der Waals surface area (Å²) in [5.41, 5.74) is 1.15. The Morgan fingerprint density at radius 2 is 2.24 bits per heavy atom. The third kappa shape index (κ3) is 2.66. The van der Waals surface area contributed by atoms with Crippen LogP contribution < -0.4 is 0 Å². The van der Waals surface area contributed by atoms with Crippen LogP contribution in [-0.4, -0.2) is 34.0 Å². The monoisotopic (exact) mass is 254 g/mol. The molecule has 94 valence electrons. The largest absolute Gasteiger partial charge is 0.481 e. The molecule has 1 aromatic rings. The van der Waals surface area contributed by atoms with Gasteiger partial charge in [0.05, 0.1) is 23.2 Å². The summed E-state index contributed by atoms with van der Waals surface area (Å²) < 4.78 is 0. The SMILES string of the molecule is Cc1nc(C(C)N2CC(CC(=O)O)C2)c(C)s1. The summed E-state index contributed by atoms with van der Waals surface area (Å²) in [5.74, 6) is -0.377. The maximum Gasteiger partial charge on any atom is 0.303 e. The number of hydrogen-bond donors (Lipinski definition) is 1. The van der Waals surface area contributed by atoms with Crippen LogP contribution in [0.4, 0.5) is 0 Å². The molecule has 5 heteroatoms. The second-order valence-electron chi connectivity index (χ2n) is 4.77. The zero-order chi connectivity index (χ0) is 12.6. The van der Waals surface area contributed by atoms with Gasteiger partial charge in [-0.1, -0.05) is 0 Å². The molecule has 0 amide bonds. The average Bonchev–Trinajstić information content (AvgIpc) is 2.49. The predicted molar refractivity (Wildman–Crippen MR) is 67.3 cm³/mol. The number of aryl methyl sites for hydroxylation is 2. The topological polar surface area (TPSA) is 53.4 Å². The fourth-order valence-corrected chi connectivity index (χ4v) is 3.32. The van der Waals surface area contributed by atoms with Crippen LogP contribution in [0.3, 0.4) is 0 Å². The van der Waals surface area contributed by atoms with Gasteiger partial charge in [-0.15, -0.1) is 11.3 Å². The first-order valence-corrected chi connectivity index (χ1v) is 6.68. The lowest BCUT2D eigenvalue weighted by atomic mass is 9.94. The average molecular weight is 254 g/mol. The Hall–Kier alpha value is -0.940. The van der Waals surface area contributed by atoms with E-state index in [-0.39, 0.29) is 6.42 Å². The van der Waals surface area contributed by atoms with E-state index < -0.39 is 5.97 Å². The van der Waals surface area contributed by atoms with Crippen molar-refractivity contribution >= 4 is 17.3 Å². The quantitative estimate of drug-likeness (QED) is 0.895. The molecule has 1 aliphatic rings. The van der Waals surface area contributed by atoms with E-state index >= 15 is 0 Å². The van der Waals surface area contributed by atoms with Crippen LogP contribution >= 0.6 is 11.3 Å². The van der Waals surface area contributed by atoms with E-state index in [4.69, 9.17) is 5.11 Å². The van der Waals surface area contributed by atoms with Crippen LogP contribution in [0.2, 0.25) is 0 Å². The third-order valence-electron chi connectivity index (χ3n) is 3.33. The van der Waals surface area contributed by atoms with Gasteiger partial charge in [-0.25, -0.2) is 4.98 Å². The highest BCUT2D eigenvalue weighted by molar-refractivity contribution is 7.11. The molecule has 0 aliphatic carbocycles. The minimum Gasteiger partial charge on any atom is -0.481 e. The van der Waals surface area contributed by atoms with Crippen molar-refractivity contribution in [1.29, 1.82) is 0 Å². The maximum atomic E-state index is 10.6. The van der Waals surface area contributed by atoms with Crippen molar-refractivity contribution in [1.82, 2.24) is 9.88 Å². The van der Waals surface area contributed by atoms with E-state index in [1.807, 2.05) is 6.92 Å². The van der Waals surface area contributed by atoms with Gasteiger partial charge in [-0.2, -0.15) is 0 Å². The van der Waals surface area contributed by atoms with Gasteiger partial charge in [-0.05, 0) is 26.7 Å². The normalized spacial score (nSPS) is 19.0. The second kappa shape index (κ2) is 4.74. The van der Waals surface area contributed by atoms with Crippen molar-refractivity contribution < 1.29 is 9.90 Å². The lowest BCUT2D eigenvalue weighted by Gasteiger charge is -2.42. The van der Waals surface area contributed by atoms with Gasteiger partial charge in [0.25, 0.3) is 0 Å². The van der Waals surface area contributed by atoms with Gasteiger partial charge in [0.15, 0.2) is 0 Å². The third-order valence-corrected chi connectivity index (χ3v) is 4.23. The minimum atomic E-state index is -0.692. The molecule has 2 rings (SSSR count). The standard InChI is InChI=1S/C12H18N2O2S/c1-7(12-8(2)17-9(3)13-12)14-5-10(6-14)4-11(15)16/h7,10H,4-6H2,1-3H3,(H,15,16). The van der Waals surface area contributed by atoms with E-state index in [0.717, 1.165) is 23.8 Å². The van der Waals surface area contributed by atoms with Gasteiger partial charge in [0.2, 0.25) is 0 Å². The number of aromatic nitrogens is 1. The first-order chi connectivity index (χ1) is 7.97. The highest BCUT2D eigenvalue weighted by Crippen LogP contribution is 2.32. The summed E-state index contributed by atoms with van der Waals surface area (Å²) in [6, 6.07) is 0.310. The summed E-state index contributed by atoms with van der Waals surface area (Å²) in [7, 11) is 0. The van der Waals surface area contributed by atoms with Gasteiger partial charge >= 0.3 is 5.97 Å². The Labute approximate surface area is 105 Å². The molecule has 1 unspecified atom stereocenters. The molecule has 4 nitrogen and oxygen atoms in total. The van der Waals surface area contributed by atoms with E-state index in [9.17, 15) is 4.79 Å². The fourth-order valence-electron chi connectivity index (χ4n) is 2.41. The zero-order valence-corrected chi connectivity index (χ0v) is 11.3. The van der Waals surface area contributed by atoms with Crippen molar-refractivity contribution in [3.05, 3.63) is 15.6 Å². The smallest absolute Gasteiger partial charge is 0.303 e. The molecule has 0 spiro atoms. The van der Waals surface area contributed by atoms with Crippen molar-refractivity contribution in [3.8, 4) is 0 Å². The molecule has 1 saturated heterocycles. The van der Waals surface area contributed by atoms with Crippen molar-refractivity contribution in [2.24, 2.45) is 5.92 Å². The highest BCUT2D eigenvalue weighted by atomic mass is 32.1. The molecule has 0 aromatic carbocycles. The Kier molecular flexibility index (Phi) is 3.49. The first kappa shape index (κ1) is 12.5. The summed E-state index contributed by atoms with van der Waals surface area (Å²) in [5, 5.41) is 9.81. The number of thiazole rings is 1. The summed E-state index contributed by atoms with van der Waals surface area (Å²) in [6.07, 6.45) is 0.290. The molecular formula is C12H18N2O2S. The molecule has 1 aliphatic heterocycles. The van der Waals surface area contributed by atoms with Crippen LogP contribution in [-0.2, 0) is 4.79 Å². The minimum absolute atomic E-state index is 0.290. The number of likely N-dealkylation sites (tertiary alicyclic amines) is 1. The Bertz CT molecular complexity index is 424. The first-order valence-electron chi connectivity index (χ1n) is 5.87. The highest BCUT2D eigenvalue weighted by Gasteiger charge is 2.33. The lowest BCUT2D eigenvalue weighted by Crippen LogP contribution is -2.48. The number of hydrogen-bond acceptors (Lipinski definition) is 4. The number of carboxylic acid groups (broad SMARTS) is 1. The van der Waals surface area contributed by atoms with E-state index in [1.165, 1.54) is 4.88 Å². The molecule has 1 aromatic heterocycles. The molecule has 1 atom stereocenters. The molecular weight excluding hydrogens is 236 g/mol. The summed E-state index contributed by atoms with van der Waals surface area (Å²) in [4.78, 5) is 18.7. The predicted octanol–water partition coefficient (Wildman–Crippen LogP) is 2.23. The number of carbonyl (C=O) groups is 1. The van der Waals surface area contributed by atoms with Gasteiger partial charge in [0.1, 0.15) is 0 Å². The zero-order valence-electron chi connectivity index (χ0n) is 10.4. The second-order valence-corrected chi connectivity index (χ2v) is 6.18. The number of carboxylic acids is 1. The van der Waals surface area contributed by atoms with E-state index in [0.29, 0.717) is 12.0 Å². The lowest BCUT2D eigenvalue weighted by molar-refractivity contribution is -0.139. The van der Waals surface area contributed by atoms with E-state index in [1.54, 1.807) is 11.3 Å². The fraction of sp³-hybridized carbons (Fsp3) is 0.667. The summed E-state index contributed by atoms with van der Waals surface area (Å²) in [6.45, 7) is 8.04. The van der Waals surface area contributed by atoms with Gasteiger partial charge in [-0.3, -0.25) is 9.69 Å².